The van der Waals surface area contributed by atoms with Crippen molar-refractivity contribution in [3.63, 3.8) is 0 Å². The molecular weight excluding hydrogens is 230 g/mol. The fourth-order valence-electron chi connectivity index (χ4n) is 1.95. The Hall–Kier alpha value is -1.62. The average molecular weight is 249 g/mol. The molecule has 18 heavy (non-hydrogen) atoms. The molecule has 1 fully saturated rings. The smallest absolute Gasteiger partial charge is 0.270 e. The first-order valence-corrected chi connectivity index (χ1v) is 6.37. The third-order valence-electron chi connectivity index (χ3n) is 2.95. The molecule has 5 nitrogen and oxygen atoms in total. The summed E-state index contributed by atoms with van der Waals surface area (Å²) in [6.45, 7) is 5.24. The van der Waals surface area contributed by atoms with E-state index in [0.717, 1.165) is 19.5 Å². The Bertz CT molecular complexity index is 403. The second-order valence-corrected chi connectivity index (χ2v) is 4.41. The molecule has 98 valence electrons. The van der Waals surface area contributed by atoms with Gasteiger partial charge in [0.1, 0.15) is 11.4 Å². The number of carbonyl (C=O) groups is 1. The zero-order chi connectivity index (χ0) is 12.8. The molecule has 2 heterocycles. The molecule has 5 heteroatoms. The third kappa shape index (κ3) is 3.43. The van der Waals surface area contributed by atoms with Gasteiger partial charge in [-0.3, -0.25) is 9.78 Å². The fraction of sp³-hybridized carbons (Fsp3) is 0.538. The number of pyridine rings is 1. The molecule has 0 aliphatic carbocycles. The van der Waals surface area contributed by atoms with Crippen molar-refractivity contribution in [3.05, 3.63) is 24.0 Å². The van der Waals surface area contributed by atoms with E-state index in [9.17, 15) is 4.79 Å². The Morgan fingerprint density at radius 2 is 2.56 bits per heavy atom. The van der Waals surface area contributed by atoms with E-state index in [1.54, 1.807) is 18.3 Å². The Morgan fingerprint density at radius 3 is 3.28 bits per heavy atom. The number of nitrogens with one attached hydrogen (secondary N) is 2. The van der Waals surface area contributed by atoms with Gasteiger partial charge >= 0.3 is 0 Å². The standard InChI is InChI=1S/C13H19N3O2/c1-2-15-13(17)12-7-11(4-6-16-12)18-9-10-3-5-14-8-10/h4,6-7,10,14H,2-3,5,8-9H2,1H3,(H,15,17). The van der Waals surface area contributed by atoms with E-state index < -0.39 is 0 Å². The molecule has 1 aliphatic rings. The van der Waals surface area contributed by atoms with E-state index in [0.29, 0.717) is 30.5 Å². The molecule has 0 bridgehead atoms. The number of nitrogens with zero attached hydrogens (tertiary/aromatic N) is 1. The molecule has 2 N–H and O–H groups in total. The van der Waals surface area contributed by atoms with E-state index in [-0.39, 0.29) is 5.91 Å². The molecule has 0 saturated carbocycles. The molecule has 1 amide bonds. The van der Waals surface area contributed by atoms with Gasteiger partial charge in [-0.2, -0.15) is 0 Å². The first-order chi connectivity index (χ1) is 8.79. The monoisotopic (exact) mass is 249 g/mol. The van der Waals surface area contributed by atoms with E-state index in [1.807, 2.05) is 6.92 Å². The number of rotatable bonds is 5. The lowest BCUT2D eigenvalue weighted by Crippen LogP contribution is -2.23. The van der Waals surface area contributed by atoms with Crippen LogP contribution in [0.2, 0.25) is 0 Å². The molecule has 1 aromatic rings. The van der Waals surface area contributed by atoms with Crippen LogP contribution in [-0.2, 0) is 0 Å². The first-order valence-electron chi connectivity index (χ1n) is 6.37. The number of carbonyl (C=O) groups excluding carboxylic acids is 1. The minimum Gasteiger partial charge on any atom is -0.493 e. The molecule has 1 atom stereocenters. The second kappa shape index (κ2) is 6.35. The average Bonchev–Trinajstić information content (AvgIpc) is 2.90. The minimum absolute atomic E-state index is 0.162. The molecule has 1 aliphatic heterocycles. The van der Waals surface area contributed by atoms with Crippen LogP contribution in [0.4, 0.5) is 0 Å². The third-order valence-corrected chi connectivity index (χ3v) is 2.95. The lowest BCUT2D eigenvalue weighted by atomic mass is 10.1. The number of amides is 1. The van der Waals surface area contributed by atoms with E-state index in [1.165, 1.54) is 0 Å². The van der Waals surface area contributed by atoms with Crippen molar-refractivity contribution < 1.29 is 9.53 Å². The Kier molecular flexibility index (Phi) is 4.52. The van der Waals surface area contributed by atoms with Crippen molar-refractivity contribution in [2.24, 2.45) is 5.92 Å². The first kappa shape index (κ1) is 12.8. The van der Waals surface area contributed by atoms with Crippen molar-refractivity contribution in [1.82, 2.24) is 15.6 Å². The molecule has 1 unspecified atom stereocenters. The van der Waals surface area contributed by atoms with Gasteiger partial charge in [0.2, 0.25) is 0 Å². The highest BCUT2D eigenvalue weighted by atomic mass is 16.5. The molecule has 0 aromatic carbocycles. The lowest BCUT2D eigenvalue weighted by Gasteiger charge is -2.11. The Labute approximate surface area is 107 Å². The zero-order valence-electron chi connectivity index (χ0n) is 10.6. The van der Waals surface area contributed by atoms with Gasteiger partial charge in [-0.25, -0.2) is 0 Å². The van der Waals surface area contributed by atoms with Gasteiger partial charge in [0.05, 0.1) is 6.61 Å². The Morgan fingerprint density at radius 1 is 1.67 bits per heavy atom. The quantitative estimate of drug-likeness (QED) is 0.811. The lowest BCUT2D eigenvalue weighted by molar-refractivity contribution is 0.0950. The van der Waals surface area contributed by atoms with Crippen molar-refractivity contribution in [1.29, 1.82) is 0 Å². The molecule has 0 radical (unpaired) electrons. The topological polar surface area (TPSA) is 63.2 Å². The summed E-state index contributed by atoms with van der Waals surface area (Å²) in [4.78, 5) is 15.7. The van der Waals surface area contributed by atoms with Crippen molar-refractivity contribution in [3.8, 4) is 5.75 Å². The van der Waals surface area contributed by atoms with Gasteiger partial charge in [-0.15, -0.1) is 0 Å². The normalized spacial score (nSPS) is 18.6. The molecular formula is C13H19N3O2. The number of hydrogen-bond donors (Lipinski definition) is 2. The predicted molar refractivity (Wildman–Crippen MR) is 68.7 cm³/mol. The molecule has 1 saturated heterocycles. The van der Waals surface area contributed by atoms with E-state index >= 15 is 0 Å². The summed E-state index contributed by atoms with van der Waals surface area (Å²) in [5, 5.41) is 6.02. The van der Waals surface area contributed by atoms with Gasteiger partial charge in [0, 0.05) is 31.3 Å². The van der Waals surface area contributed by atoms with Gasteiger partial charge < -0.3 is 15.4 Å². The van der Waals surface area contributed by atoms with Crippen LogP contribution in [0.15, 0.2) is 18.3 Å². The van der Waals surface area contributed by atoms with Crippen LogP contribution in [0.5, 0.6) is 5.75 Å². The summed E-state index contributed by atoms with van der Waals surface area (Å²) >= 11 is 0. The number of hydrogen-bond acceptors (Lipinski definition) is 4. The van der Waals surface area contributed by atoms with Crippen LogP contribution in [0.25, 0.3) is 0 Å². The maximum atomic E-state index is 11.6. The molecule has 2 rings (SSSR count). The predicted octanol–water partition coefficient (Wildman–Crippen LogP) is 0.820. The highest BCUT2D eigenvalue weighted by molar-refractivity contribution is 5.92. The van der Waals surface area contributed by atoms with E-state index in [2.05, 4.69) is 15.6 Å². The van der Waals surface area contributed by atoms with Crippen LogP contribution < -0.4 is 15.4 Å². The highest BCUT2D eigenvalue weighted by Crippen LogP contribution is 2.14. The summed E-state index contributed by atoms with van der Waals surface area (Å²) in [6.07, 6.45) is 2.75. The maximum absolute atomic E-state index is 11.6. The summed E-state index contributed by atoms with van der Waals surface area (Å²) < 4.78 is 5.70. The van der Waals surface area contributed by atoms with Gasteiger partial charge in [-0.05, 0) is 26.0 Å². The summed E-state index contributed by atoms with van der Waals surface area (Å²) in [5.41, 5.74) is 0.402. The SMILES string of the molecule is CCNC(=O)c1cc(OCC2CCNC2)ccn1. The zero-order valence-corrected chi connectivity index (χ0v) is 10.6. The van der Waals surface area contributed by atoms with Crippen molar-refractivity contribution in [2.45, 2.75) is 13.3 Å². The van der Waals surface area contributed by atoms with Crippen LogP contribution in [0.1, 0.15) is 23.8 Å². The maximum Gasteiger partial charge on any atom is 0.270 e. The number of ether oxygens (including phenoxy) is 1. The minimum atomic E-state index is -0.162. The van der Waals surface area contributed by atoms with Crippen molar-refractivity contribution in [2.75, 3.05) is 26.2 Å². The van der Waals surface area contributed by atoms with Gasteiger partial charge in [0.15, 0.2) is 0 Å². The second-order valence-electron chi connectivity index (χ2n) is 4.41. The van der Waals surface area contributed by atoms with Gasteiger partial charge in [-0.1, -0.05) is 0 Å². The van der Waals surface area contributed by atoms with Gasteiger partial charge in [0.25, 0.3) is 5.91 Å². The van der Waals surface area contributed by atoms with Crippen LogP contribution >= 0.6 is 0 Å². The molecule has 1 aromatic heterocycles. The van der Waals surface area contributed by atoms with Crippen LogP contribution in [0.3, 0.4) is 0 Å². The van der Waals surface area contributed by atoms with E-state index in [4.69, 9.17) is 4.74 Å². The summed E-state index contributed by atoms with van der Waals surface area (Å²) in [7, 11) is 0. The molecule has 0 spiro atoms. The summed E-state index contributed by atoms with van der Waals surface area (Å²) in [5.74, 6) is 1.11. The van der Waals surface area contributed by atoms with Crippen molar-refractivity contribution >= 4 is 5.91 Å². The number of aromatic nitrogens is 1. The highest BCUT2D eigenvalue weighted by Gasteiger charge is 2.15. The van der Waals surface area contributed by atoms with Crippen LogP contribution in [0, 0.1) is 5.92 Å². The fourth-order valence-corrected chi connectivity index (χ4v) is 1.95. The largest absolute Gasteiger partial charge is 0.493 e. The van der Waals surface area contributed by atoms with Crippen LogP contribution in [-0.4, -0.2) is 37.1 Å². The summed E-state index contributed by atoms with van der Waals surface area (Å²) in [6, 6.07) is 3.47. The Balaban J connectivity index is 1.91.